The normalized spacial score (nSPS) is 22.0. The number of carboxylic acids is 1. The molecule has 2 heterocycles. The molecule has 33 heavy (non-hydrogen) atoms. The molecule has 0 bridgehead atoms. The van der Waals surface area contributed by atoms with E-state index >= 15 is 0 Å². The predicted molar refractivity (Wildman–Crippen MR) is 124 cm³/mol. The Morgan fingerprint density at radius 1 is 1.27 bits per heavy atom. The molecule has 3 atom stereocenters. The van der Waals surface area contributed by atoms with Crippen molar-refractivity contribution in [1.29, 1.82) is 0 Å². The van der Waals surface area contributed by atoms with Gasteiger partial charge in [0.1, 0.15) is 5.60 Å². The van der Waals surface area contributed by atoms with Crippen LogP contribution in [0.4, 0.5) is 10.5 Å². The highest BCUT2D eigenvalue weighted by Crippen LogP contribution is 2.38. The summed E-state index contributed by atoms with van der Waals surface area (Å²) in [7, 11) is 0. The minimum Gasteiger partial charge on any atom is -0.481 e. The number of carbonyl (C=O) groups is 4. The number of esters is 1. The van der Waals surface area contributed by atoms with Crippen LogP contribution in [0.15, 0.2) is 18.2 Å². The van der Waals surface area contributed by atoms with Gasteiger partial charge in [-0.1, -0.05) is 6.42 Å². The van der Waals surface area contributed by atoms with Gasteiger partial charge in [0.15, 0.2) is 0 Å². The third kappa shape index (κ3) is 5.77. The monoisotopic (exact) mass is 478 g/mol. The number of aliphatic carboxylic acids is 1. The van der Waals surface area contributed by atoms with Crippen molar-refractivity contribution >= 4 is 41.3 Å². The fourth-order valence-electron chi connectivity index (χ4n) is 4.04. The number of unbranched alkanes of at least 4 members (excludes halogenated alkanes) is 1. The summed E-state index contributed by atoms with van der Waals surface area (Å²) in [5.41, 5.74) is 2.20. The summed E-state index contributed by atoms with van der Waals surface area (Å²) in [6.07, 6.45) is 2.17. The average molecular weight is 479 g/mol. The van der Waals surface area contributed by atoms with E-state index in [2.05, 4.69) is 10.7 Å². The molecule has 2 aliphatic heterocycles. The zero-order chi connectivity index (χ0) is 24.3. The van der Waals surface area contributed by atoms with E-state index in [0.717, 1.165) is 12.8 Å². The number of ether oxygens (including phenoxy) is 1. The topological polar surface area (TPSA) is 151 Å². The zero-order valence-corrected chi connectivity index (χ0v) is 19.7. The lowest BCUT2D eigenvalue weighted by molar-refractivity contribution is -0.137. The largest absolute Gasteiger partial charge is 0.481 e. The standard InChI is InChI=1S/C22H30N4O6S/c1-22(2,3)32-20(30)14-10-12(25-23)8-9-13(14)19(29)26-15-11-33-16(18(15)24-21(26)31)6-4-5-7-17(27)28/h8-10,15-16,18,25H,4-7,11,23H2,1-3H3,(H,24,31)(H,27,28)/t15-,16-,18-/m0/s1. The van der Waals surface area contributed by atoms with E-state index in [1.54, 1.807) is 38.6 Å². The van der Waals surface area contributed by atoms with Crippen molar-refractivity contribution in [2.75, 3.05) is 11.2 Å². The van der Waals surface area contributed by atoms with Crippen LogP contribution in [0, 0.1) is 0 Å². The summed E-state index contributed by atoms with van der Waals surface area (Å²) < 4.78 is 5.45. The number of imide groups is 1. The van der Waals surface area contributed by atoms with Crippen molar-refractivity contribution < 1.29 is 29.0 Å². The highest BCUT2D eigenvalue weighted by Gasteiger charge is 2.50. The van der Waals surface area contributed by atoms with Crippen LogP contribution in [0.25, 0.3) is 0 Å². The second-order valence-corrected chi connectivity index (χ2v) is 10.4. The molecule has 1 aromatic rings. The number of hydrogen-bond acceptors (Lipinski definition) is 8. The molecular formula is C22H30N4O6S. The third-order valence-electron chi connectivity index (χ3n) is 5.52. The number of thioether (sulfide) groups is 1. The van der Waals surface area contributed by atoms with E-state index in [9.17, 15) is 19.2 Å². The van der Waals surface area contributed by atoms with Crippen molar-refractivity contribution in [3.63, 3.8) is 0 Å². The SMILES string of the molecule is CC(C)(C)OC(=O)c1cc(NN)ccc1C(=O)N1C(=O)N[C@@H]2[C@H](CCCCC(=O)O)SC[C@@H]21. The van der Waals surface area contributed by atoms with E-state index in [4.69, 9.17) is 15.7 Å². The molecule has 0 unspecified atom stereocenters. The van der Waals surface area contributed by atoms with Crippen LogP contribution in [-0.4, -0.2) is 62.6 Å². The highest BCUT2D eigenvalue weighted by atomic mass is 32.2. The number of hydrazine groups is 1. The van der Waals surface area contributed by atoms with Crippen molar-refractivity contribution in [2.45, 2.75) is 69.4 Å². The average Bonchev–Trinajstić information content (AvgIpc) is 3.26. The van der Waals surface area contributed by atoms with Gasteiger partial charge in [-0.25, -0.2) is 9.59 Å². The first-order valence-electron chi connectivity index (χ1n) is 10.8. The van der Waals surface area contributed by atoms with Gasteiger partial charge in [-0.15, -0.1) is 0 Å². The molecule has 0 aliphatic carbocycles. The molecule has 0 saturated carbocycles. The maximum atomic E-state index is 13.5. The van der Waals surface area contributed by atoms with Gasteiger partial charge >= 0.3 is 18.0 Å². The number of nitrogens with two attached hydrogens (primary N) is 1. The molecule has 10 nitrogen and oxygen atoms in total. The van der Waals surface area contributed by atoms with E-state index in [1.165, 1.54) is 17.0 Å². The third-order valence-corrected chi connectivity index (χ3v) is 7.01. The van der Waals surface area contributed by atoms with Crippen LogP contribution >= 0.6 is 11.8 Å². The van der Waals surface area contributed by atoms with Gasteiger partial charge in [-0.05, 0) is 51.8 Å². The highest BCUT2D eigenvalue weighted by molar-refractivity contribution is 8.00. The summed E-state index contributed by atoms with van der Waals surface area (Å²) >= 11 is 1.66. The molecule has 5 N–H and O–H groups in total. The molecule has 180 valence electrons. The molecule has 1 aromatic carbocycles. The molecule has 3 amide bonds. The number of nitrogen functional groups attached to an aromatic ring is 1. The maximum Gasteiger partial charge on any atom is 0.339 e. The summed E-state index contributed by atoms with van der Waals surface area (Å²) in [6, 6.07) is 3.39. The van der Waals surface area contributed by atoms with Crippen LogP contribution < -0.4 is 16.6 Å². The predicted octanol–water partition coefficient (Wildman–Crippen LogP) is 2.59. The Hall–Kier alpha value is -2.79. The quantitative estimate of drug-likeness (QED) is 0.145. The zero-order valence-electron chi connectivity index (χ0n) is 18.9. The summed E-state index contributed by atoms with van der Waals surface area (Å²) in [4.78, 5) is 50.9. The number of carboxylic acid groups (broad SMARTS) is 1. The first-order chi connectivity index (χ1) is 15.5. The van der Waals surface area contributed by atoms with E-state index in [-0.39, 0.29) is 34.9 Å². The van der Waals surface area contributed by atoms with Crippen molar-refractivity contribution in [3.05, 3.63) is 29.3 Å². The number of hydrogen-bond donors (Lipinski definition) is 4. The van der Waals surface area contributed by atoms with Crippen LogP contribution in [0.5, 0.6) is 0 Å². The maximum absolute atomic E-state index is 13.5. The van der Waals surface area contributed by atoms with Gasteiger partial charge in [0.25, 0.3) is 5.91 Å². The fraction of sp³-hybridized carbons (Fsp3) is 0.545. The number of fused-ring (bicyclic) bond motifs is 1. The number of nitrogens with zero attached hydrogens (tertiary/aromatic N) is 1. The van der Waals surface area contributed by atoms with E-state index < -0.39 is 29.5 Å². The second kappa shape index (κ2) is 10.0. The smallest absolute Gasteiger partial charge is 0.339 e. The lowest BCUT2D eigenvalue weighted by atomic mass is 10.0. The van der Waals surface area contributed by atoms with Crippen LogP contribution in [-0.2, 0) is 9.53 Å². The lowest BCUT2D eigenvalue weighted by Crippen LogP contribution is -2.42. The van der Waals surface area contributed by atoms with Crippen molar-refractivity contribution in [2.24, 2.45) is 5.84 Å². The van der Waals surface area contributed by atoms with Crippen molar-refractivity contribution in [1.82, 2.24) is 10.2 Å². The molecule has 3 rings (SSSR count). The number of carbonyl (C=O) groups excluding carboxylic acids is 3. The van der Waals surface area contributed by atoms with E-state index in [1.807, 2.05) is 0 Å². The Morgan fingerprint density at radius 2 is 2.00 bits per heavy atom. The van der Waals surface area contributed by atoms with Gasteiger partial charge in [0.2, 0.25) is 0 Å². The Balaban J connectivity index is 1.79. The molecule has 2 aliphatic rings. The molecular weight excluding hydrogens is 448 g/mol. The Labute approximate surface area is 196 Å². The summed E-state index contributed by atoms with van der Waals surface area (Å²) in [5.74, 6) is 3.96. The van der Waals surface area contributed by atoms with Gasteiger partial charge in [0, 0.05) is 23.1 Å². The second-order valence-electron chi connectivity index (χ2n) is 9.14. The number of nitrogens with one attached hydrogen (secondary N) is 2. The minimum atomic E-state index is -0.825. The van der Waals surface area contributed by atoms with Crippen molar-refractivity contribution in [3.8, 4) is 0 Å². The van der Waals surface area contributed by atoms with Crippen LogP contribution in [0.2, 0.25) is 0 Å². The number of rotatable bonds is 8. The first-order valence-corrected chi connectivity index (χ1v) is 11.9. The molecule has 11 heteroatoms. The van der Waals surface area contributed by atoms with Gasteiger partial charge in [-0.3, -0.25) is 20.3 Å². The molecule has 0 aromatic heterocycles. The van der Waals surface area contributed by atoms with Gasteiger partial charge < -0.3 is 20.6 Å². The Morgan fingerprint density at radius 3 is 2.64 bits per heavy atom. The van der Waals surface area contributed by atoms with Gasteiger partial charge in [-0.2, -0.15) is 11.8 Å². The lowest BCUT2D eigenvalue weighted by Gasteiger charge is -2.23. The minimum absolute atomic E-state index is 0.0255. The fourth-order valence-corrected chi connectivity index (χ4v) is 5.63. The number of urea groups is 1. The van der Waals surface area contributed by atoms with E-state index in [0.29, 0.717) is 17.9 Å². The molecule has 2 saturated heterocycles. The molecule has 0 spiro atoms. The summed E-state index contributed by atoms with van der Waals surface area (Å²) in [6.45, 7) is 5.17. The van der Waals surface area contributed by atoms with Crippen LogP contribution in [0.1, 0.15) is 67.2 Å². The Kier molecular flexibility index (Phi) is 7.53. The number of benzene rings is 1. The summed E-state index contributed by atoms with van der Waals surface area (Å²) in [5, 5.41) is 11.8. The number of anilines is 1. The first kappa shape index (κ1) is 24.8. The molecule has 2 fully saturated rings. The van der Waals surface area contributed by atoms with Gasteiger partial charge in [0.05, 0.1) is 23.2 Å². The number of amides is 3. The Bertz CT molecular complexity index is 947. The molecule has 0 radical (unpaired) electrons. The van der Waals surface area contributed by atoms with Crippen LogP contribution in [0.3, 0.4) is 0 Å².